The van der Waals surface area contributed by atoms with E-state index >= 15 is 0 Å². The van der Waals surface area contributed by atoms with Gasteiger partial charge in [0, 0.05) is 6.42 Å². The summed E-state index contributed by atoms with van der Waals surface area (Å²) in [7, 11) is 0. The number of carbonyl (C=O) groups is 1. The molecular formula is C12H14O3. The van der Waals surface area contributed by atoms with E-state index in [1.807, 2.05) is 0 Å². The Morgan fingerprint density at radius 3 is 2.67 bits per heavy atom. The summed E-state index contributed by atoms with van der Waals surface area (Å²) in [6.45, 7) is 3.39. The molecule has 1 aromatic rings. The molecule has 15 heavy (non-hydrogen) atoms. The van der Waals surface area contributed by atoms with Crippen molar-refractivity contribution in [3.8, 4) is 11.5 Å². The summed E-state index contributed by atoms with van der Waals surface area (Å²) >= 11 is 0. The fraction of sp³-hybridized carbons (Fsp3) is 0.250. The van der Waals surface area contributed by atoms with Crippen LogP contribution >= 0.6 is 0 Å². The molecule has 3 heteroatoms. The van der Waals surface area contributed by atoms with Gasteiger partial charge in [-0.2, -0.15) is 0 Å². The van der Waals surface area contributed by atoms with Gasteiger partial charge in [0.25, 0.3) is 0 Å². The summed E-state index contributed by atoms with van der Waals surface area (Å²) in [4.78, 5) is 10.9. The standard InChI is InChI=1S/C12H14O3/c1-2-10(13)5-3-4-9-6-7-11(14)12(15)8-9/h2,6-8,14-15H,1,3-5H2. The number of hydrogen-bond acceptors (Lipinski definition) is 3. The third-order valence-electron chi connectivity index (χ3n) is 2.16. The number of allylic oxidation sites excluding steroid dienone is 1. The highest BCUT2D eigenvalue weighted by atomic mass is 16.3. The molecule has 3 nitrogen and oxygen atoms in total. The van der Waals surface area contributed by atoms with Gasteiger partial charge in [0.05, 0.1) is 0 Å². The summed E-state index contributed by atoms with van der Waals surface area (Å²) in [5, 5.41) is 18.3. The molecule has 0 aliphatic carbocycles. The van der Waals surface area contributed by atoms with Crippen molar-refractivity contribution >= 4 is 5.78 Å². The zero-order valence-corrected chi connectivity index (χ0v) is 8.44. The first-order valence-corrected chi connectivity index (χ1v) is 4.79. The van der Waals surface area contributed by atoms with E-state index in [1.165, 1.54) is 18.2 Å². The number of phenolic OH excluding ortho intramolecular Hbond substituents is 2. The van der Waals surface area contributed by atoms with Crippen LogP contribution in [-0.4, -0.2) is 16.0 Å². The van der Waals surface area contributed by atoms with Gasteiger partial charge in [-0.1, -0.05) is 12.6 Å². The molecule has 0 bridgehead atoms. The van der Waals surface area contributed by atoms with Crippen LogP contribution in [0.3, 0.4) is 0 Å². The number of hydrogen-bond donors (Lipinski definition) is 2. The van der Waals surface area contributed by atoms with Crippen molar-refractivity contribution in [3.05, 3.63) is 36.4 Å². The van der Waals surface area contributed by atoms with Gasteiger partial charge in [-0.3, -0.25) is 4.79 Å². The van der Waals surface area contributed by atoms with Crippen molar-refractivity contribution in [3.63, 3.8) is 0 Å². The smallest absolute Gasteiger partial charge is 0.157 e. The first kappa shape index (κ1) is 11.3. The van der Waals surface area contributed by atoms with Crippen LogP contribution in [0.1, 0.15) is 18.4 Å². The largest absolute Gasteiger partial charge is 0.504 e. The highest BCUT2D eigenvalue weighted by molar-refractivity contribution is 5.88. The van der Waals surface area contributed by atoms with Gasteiger partial charge in [0.2, 0.25) is 0 Å². The van der Waals surface area contributed by atoms with Crippen molar-refractivity contribution in [1.29, 1.82) is 0 Å². The molecule has 0 radical (unpaired) electrons. The van der Waals surface area contributed by atoms with Crippen LogP contribution in [0.25, 0.3) is 0 Å². The van der Waals surface area contributed by atoms with Crippen LogP contribution in [0.15, 0.2) is 30.9 Å². The van der Waals surface area contributed by atoms with E-state index in [0.29, 0.717) is 12.8 Å². The lowest BCUT2D eigenvalue weighted by molar-refractivity contribution is -0.114. The van der Waals surface area contributed by atoms with E-state index in [0.717, 1.165) is 12.0 Å². The fourth-order valence-electron chi connectivity index (χ4n) is 1.29. The molecule has 0 heterocycles. The number of ketones is 1. The number of rotatable bonds is 5. The molecule has 1 rings (SSSR count). The van der Waals surface area contributed by atoms with E-state index in [1.54, 1.807) is 6.07 Å². The normalized spacial score (nSPS) is 9.87. The van der Waals surface area contributed by atoms with Crippen LogP contribution in [0.4, 0.5) is 0 Å². The van der Waals surface area contributed by atoms with E-state index in [2.05, 4.69) is 6.58 Å². The summed E-state index contributed by atoms with van der Waals surface area (Å²) in [6.07, 6.45) is 3.20. The fourth-order valence-corrected chi connectivity index (χ4v) is 1.29. The summed E-state index contributed by atoms with van der Waals surface area (Å²) < 4.78 is 0. The summed E-state index contributed by atoms with van der Waals surface area (Å²) in [6, 6.07) is 4.68. The number of phenols is 2. The monoisotopic (exact) mass is 206 g/mol. The Morgan fingerprint density at radius 1 is 1.33 bits per heavy atom. The van der Waals surface area contributed by atoms with Crippen LogP contribution in [0.2, 0.25) is 0 Å². The third kappa shape index (κ3) is 3.46. The lowest BCUT2D eigenvalue weighted by atomic mass is 10.1. The lowest BCUT2D eigenvalue weighted by Crippen LogP contribution is -1.93. The number of aryl methyl sites for hydroxylation is 1. The Morgan fingerprint density at radius 2 is 2.07 bits per heavy atom. The molecule has 0 saturated heterocycles. The Kier molecular flexibility index (Phi) is 3.92. The number of carbonyl (C=O) groups excluding carboxylic acids is 1. The Hall–Kier alpha value is -1.77. The van der Waals surface area contributed by atoms with Gasteiger partial charge in [-0.15, -0.1) is 0 Å². The highest BCUT2D eigenvalue weighted by Crippen LogP contribution is 2.25. The molecule has 2 N–H and O–H groups in total. The van der Waals surface area contributed by atoms with E-state index in [-0.39, 0.29) is 17.3 Å². The molecule has 0 aliphatic rings. The molecule has 80 valence electrons. The van der Waals surface area contributed by atoms with E-state index in [9.17, 15) is 9.90 Å². The first-order chi connectivity index (χ1) is 7.13. The molecule has 0 amide bonds. The second-order valence-electron chi connectivity index (χ2n) is 3.35. The maximum Gasteiger partial charge on any atom is 0.157 e. The van der Waals surface area contributed by atoms with Crippen LogP contribution in [0.5, 0.6) is 11.5 Å². The first-order valence-electron chi connectivity index (χ1n) is 4.79. The summed E-state index contributed by atoms with van der Waals surface area (Å²) in [5.74, 6) is -0.221. The quantitative estimate of drug-likeness (QED) is 0.573. The molecule has 0 spiro atoms. The third-order valence-corrected chi connectivity index (χ3v) is 2.16. The molecule has 0 saturated carbocycles. The zero-order chi connectivity index (χ0) is 11.3. The van der Waals surface area contributed by atoms with E-state index < -0.39 is 0 Å². The van der Waals surface area contributed by atoms with Crippen molar-refractivity contribution in [2.24, 2.45) is 0 Å². The zero-order valence-electron chi connectivity index (χ0n) is 8.44. The van der Waals surface area contributed by atoms with Crippen LogP contribution < -0.4 is 0 Å². The highest BCUT2D eigenvalue weighted by Gasteiger charge is 2.01. The summed E-state index contributed by atoms with van der Waals surface area (Å²) in [5.41, 5.74) is 0.905. The average molecular weight is 206 g/mol. The minimum Gasteiger partial charge on any atom is -0.504 e. The Balaban J connectivity index is 2.48. The number of aromatic hydroxyl groups is 2. The van der Waals surface area contributed by atoms with E-state index in [4.69, 9.17) is 5.11 Å². The van der Waals surface area contributed by atoms with Crippen molar-refractivity contribution in [2.45, 2.75) is 19.3 Å². The van der Waals surface area contributed by atoms with Crippen molar-refractivity contribution < 1.29 is 15.0 Å². The minimum atomic E-state index is -0.124. The second kappa shape index (κ2) is 5.20. The van der Waals surface area contributed by atoms with Gasteiger partial charge in [-0.05, 0) is 36.6 Å². The molecule has 0 aromatic heterocycles. The Labute approximate surface area is 88.7 Å². The average Bonchev–Trinajstić information content (AvgIpc) is 2.23. The molecular weight excluding hydrogens is 192 g/mol. The Bertz CT molecular complexity index is 369. The van der Waals surface area contributed by atoms with Gasteiger partial charge < -0.3 is 10.2 Å². The van der Waals surface area contributed by atoms with Crippen molar-refractivity contribution in [2.75, 3.05) is 0 Å². The maximum atomic E-state index is 10.9. The van der Waals surface area contributed by atoms with Gasteiger partial charge in [-0.25, -0.2) is 0 Å². The predicted octanol–water partition coefficient (Wildman–Crippen LogP) is 2.18. The molecule has 1 aromatic carbocycles. The SMILES string of the molecule is C=CC(=O)CCCc1ccc(O)c(O)c1. The molecule has 0 fully saturated rings. The molecule has 0 unspecified atom stereocenters. The second-order valence-corrected chi connectivity index (χ2v) is 3.35. The number of benzene rings is 1. The molecule has 0 aliphatic heterocycles. The maximum absolute atomic E-state index is 10.9. The lowest BCUT2D eigenvalue weighted by Gasteiger charge is -2.02. The van der Waals surface area contributed by atoms with Crippen LogP contribution in [-0.2, 0) is 11.2 Å². The van der Waals surface area contributed by atoms with Gasteiger partial charge >= 0.3 is 0 Å². The van der Waals surface area contributed by atoms with Gasteiger partial charge in [0.15, 0.2) is 17.3 Å². The van der Waals surface area contributed by atoms with Crippen molar-refractivity contribution in [1.82, 2.24) is 0 Å². The van der Waals surface area contributed by atoms with Gasteiger partial charge in [0.1, 0.15) is 0 Å². The molecule has 0 atom stereocenters. The van der Waals surface area contributed by atoms with Crippen LogP contribution in [0, 0.1) is 0 Å². The predicted molar refractivity (Wildman–Crippen MR) is 57.9 cm³/mol. The minimum absolute atomic E-state index is 0.0259. The topological polar surface area (TPSA) is 57.5 Å².